The molecule has 7 rings (SSSR count). The number of nitrogens with zero attached hydrogens (tertiary/aromatic N) is 3. The Hall–Kier alpha value is -5.22. The number of fused-ring (bicyclic) bond motifs is 3. The van der Waals surface area contributed by atoms with Crippen LogP contribution in [0.5, 0.6) is 5.75 Å². The first-order valence-electron chi connectivity index (χ1n) is 14.2. The number of phenolic OH excluding ortho intramolecular Hbond substituents is 1. The lowest BCUT2D eigenvalue weighted by Gasteiger charge is -2.22. The Morgan fingerprint density at radius 1 is 0.619 bits per heavy atom. The Labute approximate surface area is 245 Å². The molecule has 0 saturated heterocycles. The molecule has 0 fully saturated rings. The average Bonchev–Trinajstić information content (AvgIpc) is 3.35. The summed E-state index contributed by atoms with van der Waals surface area (Å²) in [6.07, 6.45) is 1.84. The van der Waals surface area contributed by atoms with Crippen LogP contribution >= 0.6 is 0 Å². The van der Waals surface area contributed by atoms with E-state index in [1.54, 1.807) is 0 Å². The minimum absolute atomic E-state index is 0.204. The summed E-state index contributed by atoms with van der Waals surface area (Å²) in [7, 11) is 0. The number of phenols is 1. The lowest BCUT2D eigenvalue weighted by atomic mass is 9.84. The summed E-state index contributed by atoms with van der Waals surface area (Å²) in [5.41, 5.74) is 9.16. The van der Waals surface area contributed by atoms with Gasteiger partial charge >= 0.3 is 0 Å². The van der Waals surface area contributed by atoms with Crippen LogP contribution in [0.1, 0.15) is 26.3 Å². The summed E-state index contributed by atoms with van der Waals surface area (Å²) in [6, 6.07) is 41.5. The Morgan fingerprint density at radius 2 is 1.33 bits per heavy atom. The SMILES string of the molecule is CC(C)(C)c1cccc(-c2cc(-c3ccccc3)cc(-c3cccc(-n4c5ccccc5c5cccnc54)c3)n2)c1O. The van der Waals surface area contributed by atoms with Crippen molar-refractivity contribution in [1.29, 1.82) is 0 Å². The molecular formula is C38H31N3O. The summed E-state index contributed by atoms with van der Waals surface area (Å²) >= 11 is 0. The van der Waals surface area contributed by atoms with Gasteiger partial charge in [0.05, 0.1) is 16.9 Å². The average molecular weight is 546 g/mol. The van der Waals surface area contributed by atoms with E-state index in [4.69, 9.17) is 9.97 Å². The predicted octanol–water partition coefficient (Wildman–Crippen LogP) is 9.58. The van der Waals surface area contributed by atoms with Crippen LogP contribution in [0.25, 0.3) is 61.3 Å². The lowest BCUT2D eigenvalue weighted by Crippen LogP contribution is -2.11. The molecule has 0 aliphatic rings. The van der Waals surface area contributed by atoms with E-state index in [-0.39, 0.29) is 11.2 Å². The number of pyridine rings is 2. The molecule has 0 aliphatic carbocycles. The third-order valence-electron chi connectivity index (χ3n) is 7.89. The highest BCUT2D eigenvalue weighted by Gasteiger charge is 2.22. The maximum absolute atomic E-state index is 11.4. The maximum atomic E-state index is 11.4. The fourth-order valence-electron chi connectivity index (χ4n) is 5.83. The van der Waals surface area contributed by atoms with Crippen molar-refractivity contribution in [1.82, 2.24) is 14.5 Å². The van der Waals surface area contributed by atoms with Crippen LogP contribution in [0.15, 0.2) is 128 Å². The third-order valence-corrected chi connectivity index (χ3v) is 7.89. The fourth-order valence-corrected chi connectivity index (χ4v) is 5.83. The normalized spacial score (nSPS) is 11.8. The first-order chi connectivity index (χ1) is 20.4. The van der Waals surface area contributed by atoms with Gasteiger partial charge in [0.25, 0.3) is 0 Å². The molecule has 204 valence electrons. The van der Waals surface area contributed by atoms with E-state index in [0.29, 0.717) is 0 Å². The molecule has 4 aromatic carbocycles. The van der Waals surface area contributed by atoms with Crippen LogP contribution in [0, 0.1) is 0 Å². The van der Waals surface area contributed by atoms with Crippen molar-refractivity contribution < 1.29 is 5.11 Å². The Balaban J connectivity index is 1.44. The minimum atomic E-state index is -0.204. The number of rotatable bonds is 4. The van der Waals surface area contributed by atoms with Crippen molar-refractivity contribution in [3.8, 4) is 45.1 Å². The number of aromatic nitrogens is 3. The van der Waals surface area contributed by atoms with Gasteiger partial charge in [0.2, 0.25) is 0 Å². The van der Waals surface area contributed by atoms with Gasteiger partial charge in [-0.25, -0.2) is 9.97 Å². The van der Waals surface area contributed by atoms with E-state index >= 15 is 0 Å². The molecule has 3 aromatic heterocycles. The minimum Gasteiger partial charge on any atom is -0.507 e. The van der Waals surface area contributed by atoms with Crippen LogP contribution in [-0.2, 0) is 5.41 Å². The standard InChI is InChI=1S/C38H31N3O/c1-38(2,3)32-19-10-17-31(36(32)42)34-24-27(25-12-5-4-6-13-25)23-33(40-34)26-14-9-15-28(22-26)41-35-20-8-7-16-29(35)30-18-11-21-39-37(30)41/h4-24,42H,1-3H3. The van der Waals surface area contributed by atoms with Crippen LogP contribution in [-0.4, -0.2) is 19.6 Å². The van der Waals surface area contributed by atoms with Crippen molar-refractivity contribution in [2.45, 2.75) is 26.2 Å². The topological polar surface area (TPSA) is 50.9 Å². The molecule has 42 heavy (non-hydrogen) atoms. The highest BCUT2D eigenvalue weighted by molar-refractivity contribution is 6.07. The molecule has 4 nitrogen and oxygen atoms in total. The second kappa shape index (κ2) is 10.0. The van der Waals surface area contributed by atoms with Gasteiger partial charge in [0.1, 0.15) is 11.4 Å². The molecule has 0 unspecified atom stereocenters. The molecule has 0 saturated carbocycles. The molecule has 1 N–H and O–H groups in total. The molecule has 0 bridgehead atoms. The van der Waals surface area contributed by atoms with Gasteiger partial charge in [-0.15, -0.1) is 0 Å². The summed E-state index contributed by atoms with van der Waals surface area (Å²) in [5.74, 6) is 0.277. The van der Waals surface area contributed by atoms with Gasteiger partial charge in [-0.3, -0.25) is 4.57 Å². The lowest BCUT2D eigenvalue weighted by molar-refractivity contribution is 0.448. The zero-order chi connectivity index (χ0) is 28.8. The summed E-state index contributed by atoms with van der Waals surface area (Å²) in [4.78, 5) is 9.91. The zero-order valence-electron chi connectivity index (χ0n) is 23.9. The summed E-state index contributed by atoms with van der Waals surface area (Å²) in [5, 5.41) is 13.7. The van der Waals surface area contributed by atoms with Gasteiger partial charge in [0, 0.05) is 33.8 Å². The first kappa shape index (κ1) is 25.7. The number of aromatic hydroxyl groups is 1. The van der Waals surface area contributed by atoms with E-state index in [0.717, 1.165) is 61.4 Å². The molecular weight excluding hydrogens is 514 g/mol. The number of hydrogen-bond donors (Lipinski definition) is 1. The van der Waals surface area contributed by atoms with Crippen molar-refractivity contribution in [3.05, 3.63) is 133 Å². The van der Waals surface area contributed by atoms with E-state index < -0.39 is 0 Å². The number of benzene rings is 4. The van der Waals surface area contributed by atoms with Gasteiger partial charge < -0.3 is 5.11 Å². The van der Waals surface area contributed by atoms with Gasteiger partial charge in [0.15, 0.2) is 0 Å². The van der Waals surface area contributed by atoms with Crippen molar-refractivity contribution in [2.24, 2.45) is 0 Å². The molecule has 7 aromatic rings. The summed E-state index contributed by atoms with van der Waals surface area (Å²) < 4.78 is 2.22. The van der Waals surface area contributed by atoms with Crippen molar-refractivity contribution >= 4 is 21.9 Å². The molecule has 4 heteroatoms. The van der Waals surface area contributed by atoms with Gasteiger partial charge in [-0.1, -0.05) is 93.6 Å². The van der Waals surface area contributed by atoms with Crippen molar-refractivity contribution in [2.75, 3.05) is 0 Å². The van der Waals surface area contributed by atoms with E-state index in [9.17, 15) is 5.11 Å². The monoisotopic (exact) mass is 545 g/mol. The molecule has 0 radical (unpaired) electrons. The van der Waals surface area contributed by atoms with Gasteiger partial charge in [-0.05, 0) is 70.6 Å². The summed E-state index contributed by atoms with van der Waals surface area (Å²) in [6.45, 7) is 6.33. The highest BCUT2D eigenvalue weighted by atomic mass is 16.3. The molecule has 0 atom stereocenters. The second-order valence-corrected chi connectivity index (χ2v) is 11.7. The van der Waals surface area contributed by atoms with E-state index in [2.05, 4.69) is 104 Å². The van der Waals surface area contributed by atoms with E-state index in [1.807, 2.05) is 48.7 Å². The van der Waals surface area contributed by atoms with Crippen LogP contribution < -0.4 is 0 Å². The quantitative estimate of drug-likeness (QED) is 0.240. The van der Waals surface area contributed by atoms with Crippen LogP contribution in [0.3, 0.4) is 0 Å². The zero-order valence-corrected chi connectivity index (χ0v) is 23.9. The van der Waals surface area contributed by atoms with E-state index in [1.165, 1.54) is 5.39 Å². The Morgan fingerprint density at radius 3 is 2.17 bits per heavy atom. The predicted molar refractivity (Wildman–Crippen MR) is 173 cm³/mol. The first-order valence-corrected chi connectivity index (χ1v) is 14.2. The molecule has 3 heterocycles. The van der Waals surface area contributed by atoms with Crippen LogP contribution in [0.2, 0.25) is 0 Å². The maximum Gasteiger partial charge on any atom is 0.145 e. The van der Waals surface area contributed by atoms with Crippen LogP contribution in [0.4, 0.5) is 0 Å². The smallest absolute Gasteiger partial charge is 0.145 e. The molecule has 0 spiro atoms. The second-order valence-electron chi connectivity index (χ2n) is 11.7. The number of hydrogen-bond acceptors (Lipinski definition) is 3. The fraction of sp³-hybridized carbons (Fsp3) is 0.105. The van der Waals surface area contributed by atoms with Crippen molar-refractivity contribution in [3.63, 3.8) is 0 Å². The molecule has 0 amide bonds. The third kappa shape index (κ3) is 4.42. The largest absolute Gasteiger partial charge is 0.507 e. The van der Waals surface area contributed by atoms with Gasteiger partial charge in [-0.2, -0.15) is 0 Å². The highest BCUT2D eigenvalue weighted by Crippen LogP contribution is 2.40. The Kier molecular flexibility index (Phi) is 6.13. The Bertz CT molecular complexity index is 2030. The number of para-hydroxylation sites is 2. The molecule has 0 aliphatic heterocycles.